The summed E-state index contributed by atoms with van der Waals surface area (Å²) in [6.07, 6.45) is 4.73. The molecule has 2 N–H and O–H groups in total. The standard InChI is InChI=1S/C23H26N4O3S/c1-3-11-24-20(28)15-8-7-9-16(13-15)25-21(29)19-14(2)18-22(31-19)26-17-10-5-4-6-12-27(17)23(18)30/h7-9,13H,3-6,10-12H2,1-2H3,(H,24,28)(H,25,29). The van der Waals surface area contributed by atoms with Crippen molar-refractivity contribution < 1.29 is 9.59 Å². The fraction of sp³-hybridized carbons (Fsp3) is 0.391. The summed E-state index contributed by atoms with van der Waals surface area (Å²) in [6, 6.07) is 6.84. The van der Waals surface area contributed by atoms with Crippen LogP contribution in [0.25, 0.3) is 10.2 Å². The molecule has 2 aromatic heterocycles. The molecule has 8 heteroatoms. The van der Waals surface area contributed by atoms with Gasteiger partial charge in [0, 0.05) is 30.8 Å². The van der Waals surface area contributed by atoms with Gasteiger partial charge in [-0.3, -0.25) is 19.0 Å². The predicted molar refractivity (Wildman–Crippen MR) is 123 cm³/mol. The second kappa shape index (κ2) is 9.01. The summed E-state index contributed by atoms with van der Waals surface area (Å²) >= 11 is 1.25. The largest absolute Gasteiger partial charge is 0.352 e. The van der Waals surface area contributed by atoms with Crippen LogP contribution in [-0.2, 0) is 13.0 Å². The van der Waals surface area contributed by atoms with Crippen LogP contribution in [0, 0.1) is 6.92 Å². The molecule has 0 saturated carbocycles. The van der Waals surface area contributed by atoms with E-state index in [0.29, 0.717) is 45.0 Å². The zero-order chi connectivity index (χ0) is 22.0. The summed E-state index contributed by atoms with van der Waals surface area (Å²) in [5.74, 6) is 0.343. The molecular formula is C23H26N4O3S. The third-order valence-electron chi connectivity index (χ3n) is 5.54. The predicted octanol–water partition coefficient (Wildman–Crippen LogP) is 3.88. The summed E-state index contributed by atoms with van der Waals surface area (Å²) in [7, 11) is 0. The molecule has 0 radical (unpaired) electrons. The number of carbonyl (C=O) groups is 2. The van der Waals surface area contributed by atoms with Crippen molar-refractivity contribution in [3.8, 4) is 0 Å². The highest BCUT2D eigenvalue weighted by atomic mass is 32.1. The summed E-state index contributed by atoms with van der Waals surface area (Å²) in [6.45, 7) is 5.07. The number of nitrogens with zero attached hydrogens (tertiary/aromatic N) is 2. The summed E-state index contributed by atoms with van der Waals surface area (Å²) < 4.78 is 1.77. The smallest absolute Gasteiger partial charge is 0.266 e. The van der Waals surface area contributed by atoms with Gasteiger partial charge in [0.25, 0.3) is 17.4 Å². The molecule has 3 heterocycles. The number of benzene rings is 1. The van der Waals surface area contributed by atoms with E-state index in [1.54, 1.807) is 35.8 Å². The molecular weight excluding hydrogens is 412 g/mol. The average molecular weight is 439 g/mol. The van der Waals surface area contributed by atoms with Crippen LogP contribution >= 0.6 is 11.3 Å². The SMILES string of the molecule is CCCNC(=O)c1cccc(NC(=O)c2sc3nc4n(c(=O)c3c2C)CCCCC4)c1. The number of carbonyl (C=O) groups excluding carboxylic acids is 2. The van der Waals surface area contributed by atoms with Gasteiger partial charge in [0.15, 0.2) is 0 Å². The number of amides is 2. The van der Waals surface area contributed by atoms with E-state index in [4.69, 9.17) is 4.98 Å². The van der Waals surface area contributed by atoms with E-state index in [1.165, 1.54) is 11.3 Å². The van der Waals surface area contributed by atoms with Crippen molar-refractivity contribution in [2.45, 2.75) is 52.5 Å². The molecule has 31 heavy (non-hydrogen) atoms. The number of hydrogen-bond acceptors (Lipinski definition) is 5. The maximum Gasteiger partial charge on any atom is 0.266 e. The maximum atomic E-state index is 13.1. The first-order chi connectivity index (χ1) is 15.0. The Morgan fingerprint density at radius 3 is 2.84 bits per heavy atom. The highest BCUT2D eigenvalue weighted by Crippen LogP contribution is 2.29. The van der Waals surface area contributed by atoms with E-state index < -0.39 is 0 Å². The Bertz CT molecular complexity index is 1210. The van der Waals surface area contributed by atoms with Crippen LogP contribution in [0.4, 0.5) is 5.69 Å². The Hall–Kier alpha value is -3.00. The van der Waals surface area contributed by atoms with Crippen LogP contribution in [0.3, 0.4) is 0 Å². The average Bonchev–Trinajstić information content (AvgIpc) is 2.93. The summed E-state index contributed by atoms with van der Waals surface area (Å²) in [4.78, 5) is 44.1. The van der Waals surface area contributed by atoms with E-state index in [1.807, 2.05) is 6.92 Å². The fourth-order valence-corrected chi connectivity index (χ4v) is 4.98. The second-order valence-electron chi connectivity index (χ2n) is 7.82. The number of aromatic nitrogens is 2. The van der Waals surface area contributed by atoms with Crippen LogP contribution in [0.2, 0.25) is 0 Å². The number of fused-ring (bicyclic) bond motifs is 2. The molecule has 7 nitrogen and oxygen atoms in total. The van der Waals surface area contributed by atoms with E-state index in [0.717, 1.165) is 37.9 Å². The summed E-state index contributed by atoms with van der Waals surface area (Å²) in [5, 5.41) is 6.23. The zero-order valence-corrected chi connectivity index (χ0v) is 18.6. The Morgan fingerprint density at radius 2 is 2.03 bits per heavy atom. The van der Waals surface area contributed by atoms with Crippen LogP contribution < -0.4 is 16.2 Å². The van der Waals surface area contributed by atoms with Gasteiger partial charge in [-0.15, -0.1) is 11.3 Å². The van der Waals surface area contributed by atoms with Crippen molar-refractivity contribution in [1.29, 1.82) is 0 Å². The van der Waals surface area contributed by atoms with Crippen molar-refractivity contribution in [1.82, 2.24) is 14.9 Å². The van der Waals surface area contributed by atoms with Gasteiger partial charge in [-0.1, -0.05) is 19.4 Å². The Morgan fingerprint density at radius 1 is 1.19 bits per heavy atom. The minimum absolute atomic E-state index is 0.0516. The first kappa shape index (κ1) is 21.2. The zero-order valence-electron chi connectivity index (χ0n) is 17.8. The van der Waals surface area contributed by atoms with Gasteiger partial charge in [0.2, 0.25) is 0 Å². The molecule has 0 aliphatic carbocycles. The van der Waals surface area contributed by atoms with Gasteiger partial charge in [-0.2, -0.15) is 0 Å². The molecule has 0 saturated heterocycles. The van der Waals surface area contributed by atoms with Gasteiger partial charge in [-0.25, -0.2) is 4.98 Å². The molecule has 1 aliphatic heterocycles. The quantitative estimate of drug-likeness (QED) is 0.632. The Kier molecular flexibility index (Phi) is 6.18. The highest BCUT2D eigenvalue weighted by Gasteiger charge is 2.22. The first-order valence-electron chi connectivity index (χ1n) is 10.7. The van der Waals surface area contributed by atoms with E-state index >= 15 is 0 Å². The third-order valence-corrected chi connectivity index (χ3v) is 6.72. The van der Waals surface area contributed by atoms with Gasteiger partial charge in [0.1, 0.15) is 10.7 Å². The lowest BCUT2D eigenvalue weighted by molar-refractivity contribution is 0.0952. The van der Waals surface area contributed by atoms with Gasteiger partial charge in [-0.05, 0) is 49.9 Å². The molecule has 1 aliphatic rings. The molecule has 0 spiro atoms. The van der Waals surface area contributed by atoms with Crippen molar-refractivity contribution in [3.05, 3.63) is 56.4 Å². The van der Waals surface area contributed by atoms with E-state index in [-0.39, 0.29) is 17.4 Å². The number of thiophene rings is 1. The molecule has 1 aromatic carbocycles. The molecule has 2 amide bonds. The lowest BCUT2D eigenvalue weighted by atomic mass is 10.1. The monoisotopic (exact) mass is 438 g/mol. The van der Waals surface area contributed by atoms with E-state index in [2.05, 4.69) is 10.6 Å². The number of aryl methyl sites for hydroxylation is 2. The van der Waals surface area contributed by atoms with Gasteiger partial charge < -0.3 is 10.6 Å². The minimum atomic E-state index is -0.300. The topological polar surface area (TPSA) is 93.1 Å². The molecule has 0 unspecified atom stereocenters. The summed E-state index contributed by atoms with van der Waals surface area (Å²) in [5.41, 5.74) is 1.63. The number of anilines is 1. The van der Waals surface area contributed by atoms with Crippen molar-refractivity contribution in [2.24, 2.45) is 0 Å². The molecule has 4 rings (SSSR count). The second-order valence-corrected chi connectivity index (χ2v) is 8.82. The fourth-order valence-electron chi connectivity index (χ4n) is 3.89. The molecule has 162 valence electrons. The normalized spacial score (nSPS) is 13.5. The van der Waals surface area contributed by atoms with Crippen LogP contribution in [0.1, 0.15) is 64.0 Å². The third kappa shape index (κ3) is 4.25. The Labute approximate surface area is 184 Å². The lowest BCUT2D eigenvalue weighted by Gasteiger charge is -2.08. The molecule has 0 fully saturated rings. The molecule has 0 bridgehead atoms. The minimum Gasteiger partial charge on any atom is -0.352 e. The first-order valence-corrected chi connectivity index (χ1v) is 11.5. The van der Waals surface area contributed by atoms with Crippen molar-refractivity contribution >= 4 is 39.1 Å². The molecule has 3 aromatic rings. The number of nitrogens with one attached hydrogen (secondary N) is 2. The van der Waals surface area contributed by atoms with Gasteiger partial charge in [0.05, 0.1) is 10.3 Å². The Balaban J connectivity index is 1.63. The number of hydrogen-bond donors (Lipinski definition) is 2. The van der Waals surface area contributed by atoms with Crippen molar-refractivity contribution in [3.63, 3.8) is 0 Å². The maximum absolute atomic E-state index is 13.1. The van der Waals surface area contributed by atoms with Gasteiger partial charge >= 0.3 is 0 Å². The van der Waals surface area contributed by atoms with Crippen molar-refractivity contribution in [2.75, 3.05) is 11.9 Å². The lowest BCUT2D eigenvalue weighted by Crippen LogP contribution is -2.24. The molecule has 0 atom stereocenters. The van der Waals surface area contributed by atoms with E-state index in [9.17, 15) is 14.4 Å². The van der Waals surface area contributed by atoms with Crippen LogP contribution in [0.15, 0.2) is 29.1 Å². The number of rotatable bonds is 5. The highest BCUT2D eigenvalue weighted by molar-refractivity contribution is 7.20. The van der Waals surface area contributed by atoms with Crippen LogP contribution in [0.5, 0.6) is 0 Å². The van der Waals surface area contributed by atoms with Crippen LogP contribution in [-0.4, -0.2) is 27.9 Å².